The average molecular weight is 268 g/mol. The van der Waals surface area contributed by atoms with Crippen LogP contribution < -0.4 is 5.32 Å². The van der Waals surface area contributed by atoms with Crippen LogP contribution in [0.15, 0.2) is 4.99 Å². The molecule has 0 aliphatic carbocycles. The Bertz CT molecular complexity index is 282. The molecule has 0 aromatic carbocycles. The Morgan fingerprint density at radius 2 is 2.00 bits per heavy atom. The summed E-state index contributed by atoms with van der Waals surface area (Å²) in [6, 6.07) is 0. The SMILES string of the molecule is CCN(CC)CCCNC(=NC)N1CCC(C)(C)C1. The molecule has 1 aliphatic heterocycles. The van der Waals surface area contributed by atoms with Crippen molar-refractivity contribution >= 4 is 5.96 Å². The molecule has 0 amide bonds. The van der Waals surface area contributed by atoms with Gasteiger partial charge >= 0.3 is 0 Å². The molecule has 0 radical (unpaired) electrons. The summed E-state index contributed by atoms with van der Waals surface area (Å²) in [7, 11) is 1.89. The fraction of sp³-hybridized carbons (Fsp3) is 0.933. The lowest BCUT2D eigenvalue weighted by Gasteiger charge is -2.24. The first-order chi connectivity index (χ1) is 9.02. The van der Waals surface area contributed by atoms with Gasteiger partial charge in [0.15, 0.2) is 5.96 Å². The number of rotatable bonds is 6. The predicted molar refractivity (Wildman–Crippen MR) is 83.7 cm³/mol. The van der Waals surface area contributed by atoms with Crippen molar-refractivity contribution < 1.29 is 0 Å². The van der Waals surface area contributed by atoms with Gasteiger partial charge in [-0.05, 0) is 37.9 Å². The Balaban J connectivity index is 2.27. The summed E-state index contributed by atoms with van der Waals surface area (Å²) in [5, 5.41) is 3.50. The van der Waals surface area contributed by atoms with E-state index in [0.717, 1.165) is 38.7 Å². The molecule has 0 aromatic heterocycles. The van der Waals surface area contributed by atoms with Crippen LogP contribution in [0.5, 0.6) is 0 Å². The third kappa shape index (κ3) is 5.39. The number of likely N-dealkylation sites (tertiary alicyclic amines) is 1. The molecule has 1 fully saturated rings. The highest BCUT2D eigenvalue weighted by molar-refractivity contribution is 5.80. The summed E-state index contributed by atoms with van der Waals surface area (Å²) >= 11 is 0. The maximum atomic E-state index is 4.41. The van der Waals surface area contributed by atoms with Gasteiger partial charge in [0.25, 0.3) is 0 Å². The molecule has 0 aromatic rings. The second kappa shape index (κ2) is 7.73. The molecule has 112 valence electrons. The van der Waals surface area contributed by atoms with E-state index >= 15 is 0 Å². The summed E-state index contributed by atoms with van der Waals surface area (Å²) < 4.78 is 0. The Hall–Kier alpha value is -0.770. The molecule has 0 atom stereocenters. The lowest BCUT2D eigenvalue weighted by atomic mass is 9.93. The third-order valence-electron chi connectivity index (χ3n) is 4.02. The standard InChI is InChI=1S/C15H32N4/c1-6-18(7-2)11-8-10-17-14(16-5)19-12-9-15(3,4)13-19/h6-13H2,1-5H3,(H,16,17). The topological polar surface area (TPSA) is 30.9 Å². The molecule has 0 spiro atoms. The van der Waals surface area contributed by atoms with Crippen LogP contribution in [0.1, 0.15) is 40.5 Å². The molecular formula is C15H32N4. The summed E-state index contributed by atoms with van der Waals surface area (Å²) in [5.41, 5.74) is 0.429. The molecule has 1 N–H and O–H groups in total. The number of hydrogen-bond acceptors (Lipinski definition) is 2. The zero-order valence-electron chi connectivity index (χ0n) is 13.5. The highest BCUT2D eigenvalue weighted by atomic mass is 15.3. The first kappa shape index (κ1) is 16.3. The van der Waals surface area contributed by atoms with Gasteiger partial charge in [-0.1, -0.05) is 27.7 Å². The molecule has 1 heterocycles. The number of nitrogens with one attached hydrogen (secondary N) is 1. The van der Waals surface area contributed by atoms with Crippen molar-refractivity contribution in [1.82, 2.24) is 15.1 Å². The number of aliphatic imine (C=N–C) groups is 1. The summed E-state index contributed by atoms with van der Waals surface area (Å²) in [5.74, 6) is 1.07. The van der Waals surface area contributed by atoms with Crippen molar-refractivity contribution in [3.05, 3.63) is 0 Å². The van der Waals surface area contributed by atoms with E-state index < -0.39 is 0 Å². The number of nitrogens with zero attached hydrogens (tertiary/aromatic N) is 3. The first-order valence-corrected chi connectivity index (χ1v) is 7.70. The van der Waals surface area contributed by atoms with Gasteiger partial charge in [0.2, 0.25) is 0 Å². The zero-order valence-corrected chi connectivity index (χ0v) is 13.5. The predicted octanol–water partition coefficient (Wildman–Crippen LogP) is 2.03. The number of guanidine groups is 1. The van der Waals surface area contributed by atoms with Crippen LogP contribution in [0.4, 0.5) is 0 Å². The quantitative estimate of drug-likeness (QED) is 0.454. The fourth-order valence-electron chi connectivity index (χ4n) is 2.67. The van der Waals surface area contributed by atoms with Crippen LogP contribution >= 0.6 is 0 Å². The Labute approximate surface area is 119 Å². The van der Waals surface area contributed by atoms with E-state index in [-0.39, 0.29) is 0 Å². The average Bonchev–Trinajstić information content (AvgIpc) is 2.74. The first-order valence-electron chi connectivity index (χ1n) is 7.70. The van der Waals surface area contributed by atoms with Crippen LogP contribution in [0.2, 0.25) is 0 Å². The molecule has 4 heteroatoms. The fourth-order valence-corrected chi connectivity index (χ4v) is 2.67. The largest absolute Gasteiger partial charge is 0.356 e. The minimum absolute atomic E-state index is 0.429. The van der Waals surface area contributed by atoms with E-state index in [2.05, 4.69) is 47.8 Å². The van der Waals surface area contributed by atoms with Crippen molar-refractivity contribution in [3.63, 3.8) is 0 Å². The van der Waals surface area contributed by atoms with E-state index in [9.17, 15) is 0 Å². The molecule has 4 nitrogen and oxygen atoms in total. The van der Waals surface area contributed by atoms with Gasteiger partial charge in [-0.15, -0.1) is 0 Å². The molecule has 0 unspecified atom stereocenters. The van der Waals surface area contributed by atoms with E-state index in [1.807, 2.05) is 7.05 Å². The molecule has 0 saturated carbocycles. The van der Waals surface area contributed by atoms with Crippen LogP contribution in [0.25, 0.3) is 0 Å². The molecular weight excluding hydrogens is 236 g/mol. The molecule has 19 heavy (non-hydrogen) atoms. The van der Waals surface area contributed by atoms with Gasteiger partial charge in [0.05, 0.1) is 0 Å². The minimum atomic E-state index is 0.429. The normalized spacial score (nSPS) is 19.3. The van der Waals surface area contributed by atoms with Gasteiger partial charge in [-0.2, -0.15) is 0 Å². The minimum Gasteiger partial charge on any atom is -0.356 e. The second-order valence-electron chi connectivity index (χ2n) is 6.19. The summed E-state index contributed by atoms with van der Waals surface area (Å²) in [6.45, 7) is 15.8. The van der Waals surface area contributed by atoms with Gasteiger partial charge in [-0.3, -0.25) is 4.99 Å². The maximum absolute atomic E-state index is 4.41. The van der Waals surface area contributed by atoms with E-state index in [0.29, 0.717) is 5.41 Å². The van der Waals surface area contributed by atoms with Crippen molar-refractivity contribution in [2.75, 3.05) is 46.3 Å². The molecule has 0 bridgehead atoms. The monoisotopic (exact) mass is 268 g/mol. The van der Waals surface area contributed by atoms with E-state index in [1.54, 1.807) is 0 Å². The lowest BCUT2D eigenvalue weighted by Crippen LogP contribution is -2.41. The summed E-state index contributed by atoms with van der Waals surface area (Å²) in [4.78, 5) is 9.26. The van der Waals surface area contributed by atoms with Crippen LogP contribution in [0.3, 0.4) is 0 Å². The molecule has 1 saturated heterocycles. The Kier molecular flexibility index (Phi) is 6.63. The van der Waals surface area contributed by atoms with Crippen LogP contribution in [0, 0.1) is 5.41 Å². The Morgan fingerprint density at radius 1 is 1.32 bits per heavy atom. The van der Waals surface area contributed by atoms with Gasteiger partial charge in [0, 0.05) is 26.7 Å². The smallest absolute Gasteiger partial charge is 0.193 e. The Morgan fingerprint density at radius 3 is 2.47 bits per heavy atom. The highest BCUT2D eigenvalue weighted by Gasteiger charge is 2.30. The van der Waals surface area contributed by atoms with Gasteiger partial charge in [0.1, 0.15) is 0 Å². The van der Waals surface area contributed by atoms with Crippen LogP contribution in [-0.2, 0) is 0 Å². The zero-order chi connectivity index (χ0) is 14.3. The van der Waals surface area contributed by atoms with Crippen molar-refractivity contribution in [1.29, 1.82) is 0 Å². The van der Waals surface area contributed by atoms with Gasteiger partial charge in [-0.25, -0.2) is 0 Å². The van der Waals surface area contributed by atoms with Crippen LogP contribution in [-0.4, -0.2) is 62.1 Å². The number of hydrogen-bond donors (Lipinski definition) is 1. The van der Waals surface area contributed by atoms with Crippen molar-refractivity contribution in [3.8, 4) is 0 Å². The molecule has 1 rings (SSSR count). The van der Waals surface area contributed by atoms with Crippen molar-refractivity contribution in [2.24, 2.45) is 10.4 Å². The van der Waals surface area contributed by atoms with E-state index in [1.165, 1.54) is 19.4 Å². The third-order valence-corrected chi connectivity index (χ3v) is 4.02. The highest BCUT2D eigenvalue weighted by Crippen LogP contribution is 2.28. The summed E-state index contributed by atoms with van der Waals surface area (Å²) in [6.07, 6.45) is 2.44. The lowest BCUT2D eigenvalue weighted by molar-refractivity contribution is 0.299. The maximum Gasteiger partial charge on any atom is 0.193 e. The molecule has 1 aliphatic rings. The van der Waals surface area contributed by atoms with Gasteiger partial charge < -0.3 is 15.1 Å². The van der Waals surface area contributed by atoms with E-state index in [4.69, 9.17) is 0 Å². The second-order valence-corrected chi connectivity index (χ2v) is 6.19. The van der Waals surface area contributed by atoms with Crippen molar-refractivity contribution in [2.45, 2.75) is 40.5 Å².